The van der Waals surface area contributed by atoms with Crippen molar-refractivity contribution in [2.75, 3.05) is 0 Å². The minimum Gasteiger partial charge on any atom is -0.232 e. The third-order valence-corrected chi connectivity index (χ3v) is 4.93. The van der Waals surface area contributed by atoms with Crippen LogP contribution in [0.2, 0.25) is 0 Å². The Hall–Kier alpha value is -1.05. The molecule has 4 saturated carbocycles. The van der Waals surface area contributed by atoms with Crippen molar-refractivity contribution in [1.82, 2.24) is 0 Å². The fraction of sp³-hybridized carbons (Fsp3) is 0.900. The van der Waals surface area contributed by atoms with Crippen LogP contribution >= 0.6 is 0 Å². The second-order valence-electron chi connectivity index (χ2n) is 5.82. The van der Waals surface area contributed by atoms with Gasteiger partial charge in [-0.05, 0) is 0 Å². The van der Waals surface area contributed by atoms with Gasteiger partial charge in [-0.25, -0.2) is 22.0 Å². The van der Waals surface area contributed by atoms with Gasteiger partial charge in [-0.3, -0.25) is 0 Å². The van der Waals surface area contributed by atoms with Crippen LogP contribution < -0.4 is 0 Å². The largest absolute Gasteiger partial charge is 0.339 e. The molecule has 4 aliphatic rings. The summed E-state index contributed by atoms with van der Waals surface area (Å²) in [5, 5.41) is 0. The molecule has 0 atom stereocenters. The standard InChI is InChI=1S/C10F15/c11-1-2(12)6(16,17)4(14)8(20,21)3(1,13)9(22,23)5(15,7(2,18)19)10(4,24)25. The summed E-state index contributed by atoms with van der Waals surface area (Å²) in [5.41, 5.74) is -29.5. The predicted molar refractivity (Wildman–Crippen MR) is 44.4 cm³/mol. The van der Waals surface area contributed by atoms with E-state index in [4.69, 9.17) is 0 Å². The smallest absolute Gasteiger partial charge is 0.232 e. The van der Waals surface area contributed by atoms with Gasteiger partial charge in [0.15, 0.2) is 0 Å². The molecule has 15 heteroatoms. The van der Waals surface area contributed by atoms with Gasteiger partial charge in [0, 0.05) is 0 Å². The van der Waals surface area contributed by atoms with E-state index in [0.717, 1.165) is 0 Å². The first-order valence-electron chi connectivity index (χ1n) is 5.83. The van der Waals surface area contributed by atoms with E-state index in [9.17, 15) is 65.9 Å². The Morgan fingerprint density at radius 2 is 0.560 bits per heavy atom. The van der Waals surface area contributed by atoms with Crippen LogP contribution in [0.5, 0.6) is 0 Å². The van der Waals surface area contributed by atoms with Crippen LogP contribution in [-0.2, 0) is 0 Å². The lowest BCUT2D eigenvalue weighted by Gasteiger charge is -2.71. The highest BCUT2D eigenvalue weighted by molar-refractivity contribution is 5.56. The highest BCUT2D eigenvalue weighted by Crippen LogP contribution is 2.87. The number of alkyl halides is 14. The van der Waals surface area contributed by atoms with Crippen molar-refractivity contribution in [2.24, 2.45) is 0 Å². The number of hydrogen-bond donors (Lipinski definition) is 0. The average molecular weight is 405 g/mol. The monoisotopic (exact) mass is 405 g/mol. The molecular formula is C10F15. The molecule has 0 spiro atoms. The predicted octanol–water partition coefficient (Wildman–Crippen LogP) is 4.54. The first-order chi connectivity index (χ1) is 10.7. The lowest BCUT2D eigenvalue weighted by molar-refractivity contribution is -0.565. The molecule has 0 nitrogen and oxygen atoms in total. The van der Waals surface area contributed by atoms with Crippen molar-refractivity contribution in [3.63, 3.8) is 0 Å². The zero-order chi connectivity index (χ0) is 20.1. The molecule has 25 heavy (non-hydrogen) atoms. The summed E-state index contributed by atoms with van der Waals surface area (Å²) in [4.78, 5) is 0. The van der Waals surface area contributed by atoms with E-state index in [1.807, 2.05) is 0 Å². The number of rotatable bonds is 0. The zero-order valence-corrected chi connectivity index (χ0v) is 10.7. The van der Waals surface area contributed by atoms with Crippen molar-refractivity contribution < 1.29 is 65.9 Å². The summed E-state index contributed by atoms with van der Waals surface area (Å²) in [5.74, 6) is -37.9. The molecule has 0 unspecified atom stereocenters. The molecule has 0 aliphatic heterocycles. The maximum absolute atomic E-state index is 14.0. The van der Waals surface area contributed by atoms with Gasteiger partial charge in [0.05, 0.1) is 0 Å². The van der Waals surface area contributed by atoms with Crippen LogP contribution in [0.1, 0.15) is 0 Å². The van der Waals surface area contributed by atoms with Crippen LogP contribution in [0.25, 0.3) is 0 Å². The topological polar surface area (TPSA) is 0 Å². The number of halogens is 15. The summed E-state index contributed by atoms with van der Waals surface area (Å²) >= 11 is 0. The highest BCUT2D eigenvalue weighted by atomic mass is 19.3. The SMILES string of the molecule is F[C]1C2(F)C(F)(F)C3(F)C(F)(F)C1(F)C(F)(F)C(F)(C2(F)F)C3(F)F. The van der Waals surface area contributed by atoms with Crippen LogP contribution in [-0.4, -0.2) is 52.3 Å². The Balaban J connectivity index is 2.65. The van der Waals surface area contributed by atoms with Gasteiger partial charge in [-0.15, -0.1) is 0 Å². The fourth-order valence-corrected chi connectivity index (χ4v) is 3.55. The minimum atomic E-state index is -7.74. The van der Waals surface area contributed by atoms with Gasteiger partial charge in [0.1, 0.15) is 0 Å². The Kier molecular flexibility index (Phi) is 2.65. The third kappa shape index (κ3) is 0.988. The highest BCUT2D eigenvalue weighted by Gasteiger charge is 3.20. The van der Waals surface area contributed by atoms with E-state index in [2.05, 4.69) is 0 Å². The van der Waals surface area contributed by atoms with Gasteiger partial charge in [0.25, 0.3) is 11.3 Å². The Morgan fingerprint density at radius 1 is 0.360 bits per heavy atom. The van der Waals surface area contributed by atoms with Crippen LogP contribution in [0.15, 0.2) is 0 Å². The second-order valence-corrected chi connectivity index (χ2v) is 5.82. The normalized spacial score (nSPS) is 53.9. The minimum absolute atomic E-state index is 4.89. The van der Waals surface area contributed by atoms with E-state index >= 15 is 0 Å². The second kappa shape index (κ2) is 3.53. The van der Waals surface area contributed by atoms with Gasteiger partial charge < -0.3 is 0 Å². The van der Waals surface area contributed by atoms with Crippen molar-refractivity contribution in [2.45, 2.75) is 52.3 Å². The van der Waals surface area contributed by atoms with Gasteiger partial charge in [0.2, 0.25) is 6.17 Å². The van der Waals surface area contributed by atoms with E-state index in [1.54, 1.807) is 0 Å². The molecular weight excluding hydrogens is 405 g/mol. The Labute approximate surface area is 125 Å². The van der Waals surface area contributed by atoms with E-state index in [-0.39, 0.29) is 0 Å². The Morgan fingerprint density at radius 3 is 0.760 bits per heavy atom. The van der Waals surface area contributed by atoms with Crippen molar-refractivity contribution in [3.05, 3.63) is 6.17 Å². The summed E-state index contributed by atoms with van der Waals surface area (Å²) in [6.45, 7) is 0. The molecule has 0 aromatic rings. The molecule has 4 bridgehead atoms. The Bertz CT molecular complexity index is 575. The first kappa shape index (κ1) is 18.7. The molecule has 1 radical (unpaired) electrons. The van der Waals surface area contributed by atoms with Gasteiger partial charge in [-0.1, -0.05) is 0 Å². The van der Waals surface area contributed by atoms with E-state index < -0.39 is 58.5 Å². The lowest BCUT2D eigenvalue weighted by atomic mass is 9.41. The molecule has 4 rings (SSSR count). The van der Waals surface area contributed by atoms with E-state index in [1.165, 1.54) is 0 Å². The summed E-state index contributed by atoms with van der Waals surface area (Å²) in [6.07, 6.45) is -4.89. The maximum Gasteiger partial charge on any atom is 0.339 e. The maximum atomic E-state index is 14.0. The average Bonchev–Trinajstić information content (AvgIpc) is 2.45. The first-order valence-corrected chi connectivity index (χ1v) is 5.83. The van der Waals surface area contributed by atoms with Crippen molar-refractivity contribution in [1.29, 1.82) is 0 Å². The van der Waals surface area contributed by atoms with Crippen LogP contribution in [0.3, 0.4) is 0 Å². The third-order valence-electron chi connectivity index (χ3n) is 4.93. The molecule has 4 aliphatic carbocycles. The molecule has 4 fully saturated rings. The van der Waals surface area contributed by atoms with Crippen molar-refractivity contribution in [3.8, 4) is 0 Å². The molecule has 0 heterocycles. The summed E-state index contributed by atoms with van der Waals surface area (Å²) < 4.78 is 205. The summed E-state index contributed by atoms with van der Waals surface area (Å²) in [6, 6.07) is 0. The number of hydrogen-bond acceptors (Lipinski definition) is 0. The molecule has 0 N–H and O–H groups in total. The van der Waals surface area contributed by atoms with Crippen LogP contribution in [0, 0.1) is 6.17 Å². The van der Waals surface area contributed by atoms with Gasteiger partial charge >= 0.3 is 41.0 Å². The van der Waals surface area contributed by atoms with Crippen molar-refractivity contribution >= 4 is 0 Å². The quantitative estimate of drug-likeness (QED) is 0.520. The molecule has 0 aromatic heterocycles. The fourth-order valence-electron chi connectivity index (χ4n) is 3.55. The molecule has 145 valence electrons. The van der Waals surface area contributed by atoms with Gasteiger partial charge in [-0.2, -0.15) is 43.9 Å². The molecule has 0 aromatic carbocycles. The van der Waals surface area contributed by atoms with Crippen LogP contribution in [0.4, 0.5) is 65.9 Å². The zero-order valence-electron chi connectivity index (χ0n) is 10.7. The summed E-state index contributed by atoms with van der Waals surface area (Å²) in [7, 11) is 0. The molecule has 0 saturated heterocycles. The van der Waals surface area contributed by atoms with E-state index in [0.29, 0.717) is 0 Å². The lowest BCUT2D eigenvalue weighted by Crippen LogP contribution is -3.05. The molecule has 0 amide bonds.